The van der Waals surface area contributed by atoms with Crippen molar-refractivity contribution >= 4 is 23.6 Å². The van der Waals surface area contributed by atoms with Gasteiger partial charge in [0.1, 0.15) is 19.3 Å². The van der Waals surface area contributed by atoms with Crippen LogP contribution >= 0.6 is 0 Å². The highest BCUT2D eigenvalue weighted by atomic mass is 16.3. The van der Waals surface area contributed by atoms with E-state index >= 15 is 0 Å². The number of hydrogen-bond donors (Lipinski definition) is 2. The van der Waals surface area contributed by atoms with Crippen molar-refractivity contribution in [2.24, 2.45) is 4.99 Å². The highest BCUT2D eigenvalue weighted by molar-refractivity contribution is 6.22. The van der Waals surface area contributed by atoms with Gasteiger partial charge in [-0.3, -0.25) is 14.6 Å². The molecule has 0 aromatic heterocycles. The number of amides is 3. The minimum atomic E-state index is -0.786. The second-order valence-electron chi connectivity index (χ2n) is 5.98. The number of hydrogen-bond acceptors (Lipinski definition) is 6. The second kappa shape index (κ2) is 7.37. The number of amidine groups is 2. The molecule has 2 heterocycles. The summed E-state index contributed by atoms with van der Waals surface area (Å²) in [5.74, 6) is 0.175. The zero-order chi connectivity index (χ0) is 18.0. The number of urea groups is 1. The summed E-state index contributed by atoms with van der Waals surface area (Å²) >= 11 is 0. The summed E-state index contributed by atoms with van der Waals surface area (Å²) in [6, 6.07) is -1.25. The van der Waals surface area contributed by atoms with E-state index in [0.29, 0.717) is 12.4 Å². The fourth-order valence-electron chi connectivity index (χ4n) is 3.05. The fraction of sp³-hybridized carbons (Fsp3) is 0.733. The third-order valence-electron chi connectivity index (χ3n) is 4.53. The van der Waals surface area contributed by atoms with Gasteiger partial charge in [0.15, 0.2) is 0 Å². The maximum absolute atomic E-state index is 12.5. The lowest BCUT2D eigenvalue weighted by molar-refractivity contribution is -0.545. The summed E-state index contributed by atoms with van der Waals surface area (Å²) in [4.78, 5) is 33.2. The van der Waals surface area contributed by atoms with Crippen molar-refractivity contribution in [1.82, 2.24) is 14.7 Å². The lowest BCUT2D eigenvalue weighted by Crippen LogP contribution is -2.62. The van der Waals surface area contributed by atoms with Crippen molar-refractivity contribution in [3.63, 3.8) is 0 Å². The molecule has 9 heteroatoms. The average molecular weight is 340 g/mol. The maximum atomic E-state index is 12.5. The maximum Gasteiger partial charge on any atom is 0.333 e. The zero-order valence-corrected chi connectivity index (χ0v) is 14.6. The van der Waals surface area contributed by atoms with Crippen molar-refractivity contribution in [2.75, 3.05) is 46.9 Å². The number of aliphatic hydroxyl groups is 2. The van der Waals surface area contributed by atoms with Crippen molar-refractivity contribution < 1.29 is 24.4 Å². The number of rotatable bonds is 7. The number of carbonyl (C=O) groups is 2. The Bertz CT molecular complexity index is 584. The van der Waals surface area contributed by atoms with E-state index in [1.165, 1.54) is 11.9 Å². The standard InChI is InChI=1S/C15H26N5O4/c1-5-19(6-2)7-10(22)8-20-11(9-21)16-13-12(20)14(23)18(4)15(24)17(13)3/h10,12,21-22H,5-9H2,1-4H3/q+1. The highest BCUT2D eigenvalue weighted by Gasteiger charge is 2.53. The minimum absolute atomic E-state index is 0.158. The molecule has 0 bridgehead atoms. The monoisotopic (exact) mass is 340 g/mol. The van der Waals surface area contributed by atoms with E-state index in [1.807, 2.05) is 13.8 Å². The van der Waals surface area contributed by atoms with Crippen LogP contribution in [-0.4, -0.2) is 112 Å². The molecule has 1 saturated heterocycles. The molecule has 0 radical (unpaired) electrons. The summed E-state index contributed by atoms with van der Waals surface area (Å²) in [5, 5.41) is 19.9. The van der Waals surface area contributed by atoms with Gasteiger partial charge < -0.3 is 15.1 Å². The third-order valence-corrected chi connectivity index (χ3v) is 4.53. The van der Waals surface area contributed by atoms with Crippen LogP contribution in [0.15, 0.2) is 4.99 Å². The van der Waals surface area contributed by atoms with Crippen LogP contribution < -0.4 is 0 Å². The summed E-state index contributed by atoms with van der Waals surface area (Å²) < 4.78 is 1.59. The van der Waals surface area contributed by atoms with Crippen molar-refractivity contribution in [1.29, 1.82) is 0 Å². The molecule has 2 aliphatic heterocycles. The first-order chi connectivity index (χ1) is 11.3. The number of aliphatic imine (C=N–C) groups is 1. The lowest BCUT2D eigenvalue weighted by Gasteiger charge is -2.31. The molecular formula is C15H26N5O4+. The van der Waals surface area contributed by atoms with Crippen molar-refractivity contribution in [3.05, 3.63) is 0 Å². The Morgan fingerprint density at radius 2 is 1.88 bits per heavy atom. The molecule has 1 fully saturated rings. The molecule has 2 aliphatic rings. The van der Waals surface area contributed by atoms with Crippen LogP contribution in [0, 0.1) is 0 Å². The van der Waals surface area contributed by atoms with Gasteiger partial charge in [-0.1, -0.05) is 13.8 Å². The number of likely N-dealkylation sites (N-methyl/N-ethyl adjacent to an activating group) is 3. The van der Waals surface area contributed by atoms with Gasteiger partial charge in [0.25, 0.3) is 17.8 Å². The topological polar surface area (TPSA) is 99.7 Å². The predicted molar refractivity (Wildman–Crippen MR) is 88.2 cm³/mol. The first-order valence-corrected chi connectivity index (χ1v) is 8.13. The molecule has 9 nitrogen and oxygen atoms in total. The van der Waals surface area contributed by atoms with E-state index in [2.05, 4.69) is 9.89 Å². The number of β-amino-alcohol motifs (C(OH)–C–C–N with tert-alkyl or cyclic N) is 1. The third kappa shape index (κ3) is 3.19. The Labute approximate surface area is 141 Å². The van der Waals surface area contributed by atoms with E-state index in [1.54, 1.807) is 11.6 Å². The second-order valence-corrected chi connectivity index (χ2v) is 5.98. The highest BCUT2D eigenvalue weighted by Crippen LogP contribution is 2.19. The quantitative estimate of drug-likeness (QED) is 0.544. The van der Waals surface area contributed by atoms with E-state index in [0.717, 1.165) is 18.0 Å². The Morgan fingerprint density at radius 3 is 2.42 bits per heavy atom. The summed E-state index contributed by atoms with van der Waals surface area (Å²) in [5.41, 5.74) is 0. The molecule has 2 N–H and O–H groups in total. The molecule has 134 valence electrons. The summed E-state index contributed by atoms with van der Waals surface area (Å²) in [6.45, 7) is 5.91. The van der Waals surface area contributed by atoms with E-state index in [-0.39, 0.29) is 19.0 Å². The van der Waals surface area contributed by atoms with Gasteiger partial charge in [-0.2, -0.15) is 0 Å². The van der Waals surface area contributed by atoms with Gasteiger partial charge >= 0.3 is 11.9 Å². The number of imide groups is 1. The summed E-state index contributed by atoms with van der Waals surface area (Å²) in [6.07, 6.45) is -0.706. The van der Waals surface area contributed by atoms with Crippen LogP contribution in [0.3, 0.4) is 0 Å². The molecule has 2 atom stereocenters. The molecule has 0 spiro atoms. The zero-order valence-electron chi connectivity index (χ0n) is 14.6. The molecule has 24 heavy (non-hydrogen) atoms. The van der Waals surface area contributed by atoms with Gasteiger partial charge in [-0.25, -0.2) is 9.37 Å². The smallest absolute Gasteiger partial charge is 0.333 e. The van der Waals surface area contributed by atoms with E-state index in [9.17, 15) is 19.8 Å². The van der Waals surface area contributed by atoms with Crippen LogP contribution in [0.4, 0.5) is 4.79 Å². The molecule has 2 unspecified atom stereocenters. The normalized spacial score (nSPS) is 22.5. The van der Waals surface area contributed by atoms with Gasteiger partial charge in [-0.15, -0.1) is 0 Å². The molecule has 3 amide bonds. The van der Waals surface area contributed by atoms with Gasteiger partial charge in [0, 0.05) is 20.6 Å². The van der Waals surface area contributed by atoms with Crippen LogP contribution in [0.5, 0.6) is 0 Å². The largest absolute Gasteiger partial charge is 0.388 e. The fourth-order valence-corrected chi connectivity index (χ4v) is 3.05. The molecule has 0 aliphatic carbocycles. The Balaban J connectivity index is 2.23. The Kier molecular flexibility index (Phi) is 5.68. The van der Waals surface area contributed by atoms with Crippen LogP contribution in [0.1, 0.15) is 13.8 Å². The van der Waals surface area contributed by atoms with E-state index in [4.69, 9.17) is 0 Å². The minimum Gasteiger partial charge on any atom is -0.388 e. The van der Waals surface area contributed by atoms with Crippen LogP contribution in [0.2, 0.25) is 0 Å². The molecule has 0 saturated carbocycles. The lowest BCUT2D eigenvalue weighted by atomic mass is 10.1. The molecule has 0 aromatic rings. The SMILES string of the molecule is CCN(CC)CC(O)C[N+]1=C(CO)N=C2C1C(=O)N(C)C(=O)N2C. The molecule has 0 aromatic carbocycles. The van der Waals surface area contributed by atoms with Gasteiger partial charge in [-0.05, 0) is 18.1 Å². The van der Waals surface area contributed by atoms with Gasteiger partial charge in [0.2, 0.25) is 0 Å². The van der Waals surface area contributed by atoms with Crippen molar-refractivity contribution in [3.8, 4) is 0 Å². The molecular weight excluding hydrogens is 314 g/mol. The molecule has 2 rings (SSSR count). The first kappa shape index (κ1) is 18.5. The number of aliphatic hydroxyl groups excluding tert-OH is 2. The first-order valence-electron chi connectivity index (χ1n) is 8.13. The van der Waals surface area contributed by atoms with Gasteiger partial charge in [0.05, 0.1) is 0 Å². The number of fused-ring (bicyclic) bond motifs is 1. The number of nitrogens with zero attached hydrogens (tertiary/aromatic N) is 5. The van der Waals surface area contributed by atoms with Crippen LogP contribution in [-0.2, 0) is 4.79 Å². The Hall–Kier alpha value is -1.84. The van der Waals surface area contributed by atoms with E-state index < -0.39 is 24.1 Å². The number of carbonyl (C=O) groups excluding carboxylic acids is 2. The Morgan fingerprint density at radius 1 is 1.25 bits per heavy atom. The average Bonchev–Trinajstić information content (AvgIpc) is 2.94. The predicted octanol–water partition coefficient (Wildman–Crippen LogP) is -1.60. The summed E-state index contributed by atoms with van der Waals surface area (Å²) in [7, 11) is 2.96. The van der Waals surface area contributed by atoms with Crippen molar-refractivity contribution in [2.45, 2.75) is 26.0 Å². The van der Waals surface area contributed by atoms with Crippen LogP contribution in [0.25, 0.3) is 0 Å².